The molecule has 0 spiro atoms. The molecule has 102 valence electrons. The monoisotopic (exact) mass is 276 g/mol. The fourth-order valence-electron chi connectivity index (χ4n) is 1.42. The molecule has 8 heteroatoms. The first-order valence-corrected chi connectivity index (χ1v) is 5.35. The number of carbonyl (C=O) groups is 1. The van der Waals surface area contributed by atoms with E-state index >= 15 is 0 Å². The summed E-state index contributed by atoms with van der Waals surface area (Å²) < 4.78 is 4.53. The molecule has 0 aliphatic heterocycles. The number of aromatic hydroxyl groups is 1. The van der Waals surface area contributed by atoms with E-state index in [1.54, 1.807) is 0 Å². The minimum absolute atomic E-state index is 0.00630. The SMILES string of the molecule is O=C(Nc1ccc([N+](=O)[O-])cc1O)c1ccc(=O)oc1. The Bertz CT molecular complexity index is 716. The van der Waals surface area contributed by atoms with Gasteiger partial charge in [-0.2, -0.15) is 0 Å². The Morgan fingerprint density at radius 2 is 2.05 bits per heavy atom. The van der Waals surface area contributed by atoms with Gasteiger partial charge in [0.15, 0.2) is 0 Å². The van der Waals surface area contributed by atoms with E-state index in [1.807, 2.05) is 0 Å². The van der Waals surface area contributed by atoms with Crippen LogP contribution >= 0.6 is 0 Å². The third-order valence-corrected chi connectivity index (χ3v) is 2.40. The quantitative estimate of drug-likeness (QED) is 0.497. The number of nitro benzene ring substituents is 1. The minimum atomic E-state index is -0.669. The summed E-state index contributed by atoms with van der Waals surface area (Å²) in [5.74, 6) is -1.07. The molecule has 0 aliphatic rings. The first kappa shape index (κ1) is 13.3. The van der Waals surface area contributed by atoms with Gasteiger partial charge in [-0.1, -0.05) is 0 Å². The highest BCUT2D eigenvalue weighted by molar-refractivity contribution is 6.04. The molecule has 0 atom stereocenters. The fraction of sp³-hybridized carbons (Fsp3) is 0. The molecule has 0 saturated heterocycles. The van der Waals surface area contributed by atoms with Crippen molar-refractivity contribution < 1.29 is 19.2 Å². The van der Waals surface area contributed by atoms with Crippen molar-refractivity contribution in [3.63, 3.8) is 0 Å². The molecule has 0 bridgehead atoms. The number of phenolic OH excluding ortho intramolecular Hbond substituents is 1. The highest BCUT2D eigenvalue weighted by Crippen LogP contribution is 2.28. The van der Waals surface area contributed by atoms with Crippen LogP contribution in [-0.2, 0) is 0 Å². The molecule has 20 heavy (non-hydrogen) atoms. The highest BCUT2D eigenvalue weighted by atomic mass is 16.6. The molecule has 1 aromatic carbocycles. The highest BCUT2D eigenvalue weighted by Gasteiger charge is 2.13. The maximum atomic E-state index is 11.8. The van der Waals surface area contributed by atoms with Crippen LogP contribution in [0.4, 0.5) is 11.4 Å². The maximum Gasteiger partial charge on any atom is 0.335 e. The zero-order chi connectivity index (χ0) is 14.7. The Kier molecular flexibility index (Phi) is 3.47. The number of hydrogen-bond donors (Lipinski definition) is 2. The number of phenols is 1. The Morgan fingerprint density at radius 3 is 2.60 bits per heavy atom. The average molecular weight is 276 g/mol. The summed E-state index contributed by atoms with van der Waals surface area (Å²) in [6, 6.07) is 5.58. The van der Waals surface area contributed by atoms with Gasteiger partial charge in [-0.15, -0.1) is 0 Å². The summed E-state index contributed by atoms with van der Waals surface area (Å²) in [5, 5.41) is 22.4. The predicted octanol–water partition coefficient (Wildman–Crippen LogP) is 1.51. The molecule has 1 aromatic heterocycles. The van der Waals surface area contributed by atoms with Gasteiger partial charge < -0.3 is 14.8 Å². The number of nitrogens with zero attached hydrogens (tertiary/aromatic N) is 1. The van der Waals surface area contributed by atoms with Gasteiger partial charge in [0.05, 0.1) is 22.2 Å². The summed E-state index contributed by atoms with van der Waals surface area (Å²) in [5.41, 5.74) is -0.819. The molecule has 0 unspecified atom stereocenters. The Morgan fingerprint density at radius 1 is 1.30 bits per heavy atom. The van der Waals surface area contributed by atoms with Gasteiger partial charge in [0.25, 0.3) is 11.6 Å². The van der Waals surface area contributed by atoms with Crippen LogP contribution in [0.25, 0.3) is 0 Å². The lowest BCUT2D eigenvalue weighted by molar-refractivity contribution is -0.384. The molecule has 0 aliphatic carbocycles. The largest absolute Gasteiger partial charge is 0.506 e. The van der Waals surface area contributed by atoms with E-state index in [9.17, 15) is 24.8 Å². The van der Waals surface area contributed by atoms with E-state index in [0.717, 1.165) is 24.5 Å². The first-order chi connectivity index (χ1) is 9.47. The number of non-ortho nitro benzene ring substituents is 1. The molecule has 2 N–H and O–H groups in total. The van der Waals surface area contributed by atoms with Gasteiger partial charge in [0, 0.05) is 12.1 Å². The Hall–Kier alpha value is -3.16. The number of rotatable bonds is 3. The lowest BCUT2D eigenvalue weighted by Gasteiger charge is -2.06. The molecule has 0 radical (unpaired) electrons. The van der Waals surface area contributed by atoms with E-state index in [-0.39, 0.29) is 16.9 Å². The van der Waals surface area contributed by atoms with Gasteiger partial charge in [0.1, 0.15) is 12.0 Å². The third-order valence-electron chi connectivity index (χ3n) is 2.40. The Labute approximate surface area is 111 Å². The van der Waals surface area contributed by atoms with Gasteiger partial charge in [-0.25, -0.2) is 4.79 Å². The Balaban J connectivity index is 2.21. The zero-order valence-corrected chi connectivity index (χ0v) is 9.90. The fourth-order valence-corrected chi connectivity index (χ4v) is 1.42. The van der Waals surface area contributed by atoms with E-state index in [4.69, 9.17) is 0 Å². The van der Waals surface area contributed by atoms with Crippen LogP contribution < -0.4 is 10.9 Å². The van der Waals surface area contributed by atoms with Gasteiger partial charge in [-0.05, 0) is 12.1 Å². The average Bonchev–Trinajstić information content (AvgIpc) is 2.41. The normalized spacial score (nSPS) is 10.0. The van der Waals surface area contributed by atoms with E-state index in [1.165, 1.54) is 12.1 Å². The topological polar surface area (TPSA) is 123 Å². The van der Waals surface area contributed by atoms with Crippen LogP contribution in [0.5, 0.6) is 5.75 Å². The van der Waals surface area contributed by atoms with Crippen LogP contribution in [0.2, 0.25) is 0 Å². The lowest BCUT2D eigenvalue weighted by Crippen LogP contribution is -2.13. The maximum absolute atomic E-state index is 11.8. The molecule has 8 nitrogen and oxygen atoms in total. The molecule has 2 rings (SSSR count). The third kappa shape index (κ3) is 2.80. The first-order valence-electron chi connectivity index (χ1n) is 5.35. The van der Waals surface area contributed by atoms with Crippen LogP contribution in [-0.4, -0.2) is 15.9 Å². The zero-order valence-electron chi connectivity index (χ0n) is 9.90. The number of benzene rings is 1. The summed E-state index contributed by atoms with van der Waals surface area (Å²) in [4.78, 5) is 32.4. The molecule has 2 aromatic rings. The second-order valence-corrected chi connectivity index (χ2v) is 3.76. The number of nitrogens with one attached hydrogen (secondary N) is 1. The predicted molar refractivity (Wildman–Crippen MR) is 67.7 cm³/mol. The van der Waals surface area contributed by atoms with Crippen LogP contribution in [0.15, 0.2) is 45.8 Å². The van der Waals surface area contributed by atoms with Crippen molar-refractivity contribution in [2.75, 3.05) is 5.32 Å². The molecular weight excluding hydrogens is 268 g/mol. The number of nitro groups is 1. The van der Waals surface area contributed by atoms with Crippen molar-refractivity contribution >= 4 is 17.3 Å². The second-order valence-electron chi connectivity index (χ2n) is 3.76. The molecule has 0 fully saturated rings. The number of hydrogen-bond acceptors (Lipinski definition) is 6. The number of amides is 1. The van der Waals surface area contributed by atoms with Crippen molar-refractivity contribution in [3.05, 3.63) is 62.7 Å². The van der Waals surface area contributed by atoms with Gasteiger partial charge >= 0.3 is 5.63 Å². The van der Waals surface area contributed by atoms with Crippen molar-refractivity contribution in [2.24, 2.45) is 0 Å². The second kappa shape index (κ2) is 5.22. The number of anilines is 1. The molecule has 1 amide bonds. The van der Waals surface area contributed by atoms with Crippen LogP contribution in [0.1, 0.15) is 10.4 Å². The van der Waals surface area contributed by atoms with Crippen LogP contribution in [0, 0.1) is 10.1 Å². The minimum Gasteiger partial charge on any atom is -0.506 e. The summed E-state index contributed by atoms with van der Waals surface area (Å²) in [6.45, 7) is 0. The molecule has 0 saturated carbocycles. The van der Waals surface area contributed by atoms with Crippen molar-refractivity contribution in [1.29, 1.82) is 0 Å². The number of carbonyl (C=O) groups excluding carboxylic acids is 1. The molecule has 1 heterocycles. The summed E-state index contributed by atoms with van der Waals surface area (Å²) in [6.07, 6.45) is 0.972. The summed E-state index contributed by atoms with van der Waals surface area (Å²) >= 11 is 0. The van der Waals surface area contributed by atoms with Crippen molar-refractivity contribution in [1.82, 2.24) is 0 Å². The van der Waals surface area contributed by atoms with Crippen molar-refractivity contribution in [3.8, 4) is 5.75 Å². The standard InChI is InChI=1S/C12H8N2O6/c15-10-5-8(14(18)19)2-3-9(10)13-12(17)7-1-4-11(16)20-6-7/h1-6,15H,(H,13,17). The van der Waals surface area contributed by atoms with Gasteiger partial charge in [0.2, 0.25) is 0 Å². The van der Waals surface area contributed by atoms with Gasteiger partial charge in [-0.3, -0.25) is 14.9 Å². The van der Waals surface area contributed by atoms with Crippen LogP contribution in [0.3, 0.4) is 0 Å². The van der Waals surface area contributed by atoms with E-state index < -0.39 is 22.2 Å². The molecular formula is C12H8N2O6. The lowest BCUT2D eigenvalue weighted by atomic mass is 10.2. The van der Waals surface area contributed by atoms with E-state index in [2.05, 4.69) is 9.73 Å². The summed E-state index contributed by atoms with van der Waals surface area (Å²) in [7, 11) is 0. The van der Waals surface area contributed by atoms with Crippen molar-refractivity contribution in [2.45, 2.75) is 0 Å². The smallest absolute Gasteiger partial charge is 0.335 e. The van der Waals surface area contributed by atoms with E-state index in [0.29, 0.717) is 0 Å².